The number of aryl methyl sites for hydroxylation is 1. The predicted molar refractivity (Wildman–Crippen MR) is 127 cm³/mol. The van der Waals surface area contributed by atoms with Gasteiger partial charge in [0.2, 0.25) is 0 Å². The fourth-order valence-electron chi connectivity index (χ4n) is 2.88. The van der Waals surface area contributed by atoms with Crippen molar-refractivity contribution in [3.8, 4) is 11.5 Å². The highest BCUT2D eigenvalue weighted by Crippen LogP contribution is 2.20. The lowest BCUT2D eigenvalue weighted by Crippen LogP contribution is -2.43. The van der Waals surface area contributed by atoms with E-state index >= 15 is 0 Å². The highest BCUT2D eigenvalue weighted by Gasteiger charge is 2.17. The zero-order valence-electron chi connectivity index (χ0n) is 18.7. The van der Waals surface area contributed by atoms with Crippen LogP contribution in [0.15, 0.2) is 77.7 Å². The number of anilines is 1. The Morgan fingerprint density at radius 3 is 2.21 bits per heavy atom. The first-order valence-electron chi connectivity index (χ1n) is 10.4. The minimum absolute atomic E-state index is 0.0500. The molecule has 3 aromatic rings. The zero-order valence-corrected chi connectivity index (χ0v) is 19.5. The summed E-state index contributed by atoms with van der Waals surface area (Å²) in [6, 6.07) is 19.1. The molecule has 0 saturated carbocycles. The Balaban J connectivity index is 1.56. The predicted octanol–water partition coefficient (Wildman–Crippen LogP) is 2.90. The van der Waals surface area contributed by atoms with Crippen LogP contribution in [0.2, 0.25) is 0 Å². The number of hydrogen-bond donors (Lipinski definition) is 3. The lowest BCUT2D eigenvalue weighted by molar-refractivity contribution is -0.123. The molecular formula is C24H25N3O6S. The fourth-order valence-corrected chi connectivity index (χ4v) is 3.99. The third-order valence-corrected chi connectivity index (χ3v) is 6.14. The number of nitrogens with one attached hydrogen (secondary N) is 3. The third-order valence-electron chi connectivity index (χ3n) is 4.77. The topological polar surface area (TPSA) is 123 Å². The molecule has 3 N–H and O–H groups in total. The van der Waals surface area contributed by atoms with Gasteiger partial charge in [-0.1, -0.05) is 25.1 Å². The summed E-state index contributed by atoms with van der Waals surface area (Å²) in [5, 5.41) is 0. The van der Waals surface area contributed by atoms with Crippen LogP contribution in [0.3, 0.4) is 0 Å². The van der Waals surface area contributed by atoms with Crippen molar-refractivity contribution < 1.29 is 27.5 Å². The summed E-state index contributed by atoms with van der Waals surface area (Å²) in [7, 11) is -2.43. The molecule has 0 spiro atoms. The summed E-state index contributed by atoms with van der Waals surface area (Å²) < 4.78 is 38.3. The van der Waals surface area contributed by atoms with E-state index in [0.717, 1.165) is 12.0 Å². The number of hydrogen-bond acceptors (Lipinski definition) is 6. The second kappa shape index (κ2) is 11.2. The molecule has 0 aromatic heterocycles. The van der Waals surface area contributed by atoms with E-state index in [2.05, 4.69) is 15.6 Å². The first-order chi connectivity index (χ1) is 16.3. The largest absolute Gasteiger partial charge is 0.497 e. The van der Waals surface area contributed by atoms with Crippen LogP contribution in [-0.4, -0.2) is 33.9 Å². The quantitative estimate of drug-likeness (QED) is 0.402. The van der Waals surface area contributed by atoms with Crippen LogP contribution >= 0.6 is 0 Å². The maximum Gasteiger partial charge on any atom is 0.276 e. The molecule has 9 nitrogen and oxygen atoms in total. The molecule has 34 heavy (non-hydrogen) atoms. The van der Waals surface area contributed by atoms with Crippen molar-refractivity contribution in [3.63, 3.8) is 0 Å². The summed E-state index contributed by atoms with van der Waals surface area (Å²) in [4.78, 5) is 24.3. The van der Waals surface area contributed by atoms with Crippen LogP contribution in [0, 0.1) is 0 Å². The zero-order chi connectivity index (χ0) is 24.6. The molecule has 0 aliphatic heterocycles. The van der Waals surface area contributed by atoms with Crippen LogP contribution in [0.4, 0.5) is 5.69 Å². The smallest absolute Gasteiger partial charge is 0.276 e. The number of rotatable bonds is 9. The number of sulfonamides is 1. The molecule has 0 saturated heterocycles. The van der Waals surface area contributed by atoms with Gasteiger partial charge in [-0.2, -0.15) is 0 Å². The average molecular weight is 484 g/mol. The van der Waals surface area contributed by atoms with Crippen LogP contribution < -0.4 is 25.0 Å². The second-order valence-electron chi connectivity index (χ2n) is 7.15. The van der Waals surface area contributed by atoms with Crippen LogP contribution in [0.1, 0.15) is 22.8 Å². The highest BCUT2D eigenvalue weighted by molar-refractivity contribution is 7.92. The van der Waals surface area contributed by atoms with Crippen molar-refractivity contribution >= 4 is 27.5 Å². The van der Waals surface area contributed by atoms with Gasteiger partial charge >= 0.3 is 0 Å². The van der Waals surface area contributed by atoms with E-state index in [4.69, 9.17) is 9.47 Å². The summed E-state index contributed by atoms with van der Waals surface area (Å²) in [6.07, 6.45) is 0.896. The number of benzene rings is 3. The summed E-state index contributed by atoms with van der Waals surface area (Å²) in [5.74, 6) is -0.135. The molecule has 0 aliphatic rings. The second-order valence-corrected chi connectivity index (χ2v) is 8.83. The number of amides is 2. The Kier molecular flexibility index (Phi) is 8.10. The van der Waals surface area contributed by atoms with E-state index in [1.54, 1.807) is 36.4 Å². The molecule has 0 unspecified atom stereocenters. The Morgan fingerprint density at radius 1 is 0.882 bits per heavy atom. The lowest BCUT2D eigenvalue weighted by Gasteiger charge is -2.11. The number of hydrazine groups is 1. The van der Waals surface area contributed by atoms with E-state index in [0.29, 0.717) is 17.2 Å². The van der Waals surface area contributed by atoms with Gasteiger partial charge < -0.3 is 9.47 Å². The Hall–Kier alpha value is -4.05. The van der Waals surface area contributed by atoms with Gasteiger partial charge in [0, 0.05) is 11.3 Å². The average Bonchev–Trinajstić information content (AvgIpc) is 2.86. The van der Waals surface area contributed by atoms with Gasteiger partial charge in [-0.25, -0.2) is 8.42 Å². The van der Waals surface area contributed by atoms with Gasteiger partial charge in [-0.15, -0.1) is 0 Å². The minimum atomic E-state index is -3.94. The Morgan fingerprint density at radius 2 is 1.56 bits per heavy atom. The molecule has 2 amide bonds. The van der Waals surface area contributed by atoms with E-state index < -0.39 is 21.8 Å². The van der Waals surface area contributed by atoms with Crippen LogP contribution in [0.5, 0.6) is 11.5 Å². The van der Waals surface area contributed by atoms with E-state index in [1.807, 2.05) is 19.1 Å². The molecule has 3 rings (SSSR count). The Bertz CT molecular complexity index is 1240. The molecule has 0 aliphatic carbocycles. The van der Waals surface area contributed by atoms with Gasteiger partial charge in [0.25, 0.3) is 21.8 Å². The fraction of sp³-hybridized carbons (Fsp3) is 0.167. The van der Waals surface area contributed by atoms with Gasteiger partial charge in [-0.3, -0.25) is 25.2 Å². The SMILES string of the molecule is CCc1ccc(OCC(=O)NNC(=O)c2cccc(S(=O)(=O)Nc3ccc(OC)cc3)c2)cc1. The van der Waals surface area contributed by atoms with Crippen molar-refractivity contribution in [1.29, 1.82) is 0 Å². The normalized spacial score (nSPS) is 10.8. The van der Waals surface area contributed by atoms with Crippen molar-refractivity contribution in [2.24, 2.45) is 0 Å². The molecule has 0 bridgehead atoms. The molecule has 178 valence electrons. The summed E-state index contributed by atoms with van der Waals surface area (Å²) in [6.45, 7) is 1.74. The lowest BCUT2D eigenvalue weighted by atomic mass is 10.2. The number of ether oxygens (including phenoxy) is 2. The number of carbonyl (C=O) groups excluding carboxylic acids is 2. The maximum atomic E-state index is 12.7. The number of methoxy groups -OCH3 is 1. The maximum absolute atomic E-state index is 12.7. The molecule has 0 heterocycles. The third kappa shape index (κ3) is 6.72. The molecule has 3 aromatic carbocycles. The van der Waals surface area contributed by atoms with Crippen molar-refractivity contribution in [2.45, 2.75) is 18.2 Å². The molecule has 0 atom stereocenters. The van der Waals surface area contributed by atoms with E-state index in [9.17, 15) is 18.0 Å². The Labute approximate surface area is 198 Å². The van der Waals surface area contributed by atoms with Crippen molar-refractivity contribution in [2.75, 3.05) is 18.4 Å². The van der Waals surface area contributed by atoms with Crippen LogP contribution in [-0.2, 0) is 21.2 Å². The number of carbonyl (C=O) groups is 2. The monoisotopic (exact) mass is 483 g/mol. The van der Waals surface area contributed by atoms with Gasteiger partial charge in [-0.05, 0) is 66.6 Å². The standard InChI is InChI=1S/C24H25N3O6S/c1-3-17-7-11-21(12-8-17)33-16-23(28)25-26-24(29)18-5-4-6-22(15-18)34(30,31)27-19-9-13-20(32-2)14-10-19/h4-15,27H,3,16H2,1-2H3,(H,25,28)(H,26,29). The van der Waals surface area contributed by atoms with E-state index in [1.165, 1.54) is 31.4 Å². The highest BCUT2D eigenvalue weighted by atomic mass is 32.2. The van der Waals surface area contributed by atoms with Crippen molar-refractivity contribution in [1.82, 2.24) is 10.9 Å². The molecule has 10 heteroatoms. The summed E-state index contributed by atoms with van der Waals surface area (Å²) >= 11 is 0. The molecule has 0 fully saturated rings. The minimum Gasteiger partial charge on any atom is -0.497 e. The van der Waals surface area contributed by atoms with Gasteiger partial charge in [0.1, 0.15) is 11.5 Å². The van der Waals surface area contributed by atoms with Gasteiger partial charge in [0.15, 0.2) is 6.61 Å². The summed E-state index contributed by atoms with van der Waals surface area (Å²) in [5.41, 5.74) is 6.02. The first kappa shape index (κ1) is 24.6. The molecular weight excluding hydrogens is 458 g/mol. The van der Waals surface area contributed by atoms with Crippen LogP contribution in [0.25, 0.3) is 0 Å². The van der Waals surface area contributed by atoms with Gasteiger partial charge in [0.05, 0.1) is 12.0 Å². The molecule has 0 radical (unpaired) electrons. The van der Waals surface area contributed by atoms with E-state index in [-0.39, 0.29) is 17.1 Å². The first-order valence-corrected chi connectivity index (χ1v) is 11.9. The van der Waals surface area contributed by atoms with Crippen molar-refractivity contribution in [3.05, 3.63) is 83.9 Å².